The summed E-state index contributed by atoms with van der Waals surface area (Å²) in [5.41, 5.74) is 2.51. The number of aromatic nitrogens is 2. The number of nitrogens with two attached hydrogens (primary N) is 1. The molecule has 4 N–H and O–H groups in total. The van der Waals surface area contributed by atoms with Crippen LogP contribution in [0.2, 0.25) is 0 Å². The molecule has 0 aromatic carbocycles. The number of amides is 1. The van der Waals surface area contributed by atoms with Crippen LogP contribution in [0.1, 0.15) is 19.2 Å². The normalized spacial score (nSPS) is 19.6. The van der Waals surface area contributed by atoms with Gasteiger partial charge in [-0.15, -0.1) is 0 Å². The first-order valence-corrected chi connectivity index (χ1v) is 6.02. The van der Waals surface area contributed by atoms with Crippen molar-refractivity contribution in [3.05, 3.63) is 11.9 Å². The molecule has 0 radical (unpaired) electrons. The van der Waals surface area contributed by atoms with Crippen molar-refractivity contribution in [1.82, 2.24) is 15.3 Å². The van der Waals surface area contributed by atoms with Crippen molar-refractivity contribution in [3.8, 4) is 0 Å². The van der Waals surface area contributed by atoms with Gasteiger partial charge >= 0.3 is 0 Å². The van der Waals surface area contributed by atoms with Gasteiger partial charge in [0.15, 0.2) is 0 Å². The van der Waals surface area contributed by atoms with Crippen LogP contribution in [0.3, 0.4) is 0 Å². The Hall–Kier alpha value is -1.89. The van der Waals surface area contributed by atoms with Crippen LogP contribution in [0.15, 0.2) is 6.07 Å². The molecular weight excluding hydrogens is 232 g/mol. The summed E-state index contributed by atoms with van der Waals surface area (Å²) in [5.74, 6) is 7.33. The molecule has 1 aliphatic rings. The number of carbonyl (C=O) groups is 1. The molecule has 2 rings (SSSR count). The first-order valence-electron chi connectivity index (χ1n) is 6.02. The van der Waals surface area contributed by atoms with Gasteiger partial charge in [-0.05, 0) is 13.3 Å². The summed E-state index contributed by atoms with van der Waals surface area (Å²) in [4.78, 5) is 22.3. The predicted molar refractivity (Wildman–Crippen MR) is 69.0 cm³/mol. The lowest BCUT2D eigenvalue weighted by atomic mass is 10.1. The van der Waals surface area contributed by atoms with Crippen LogP contribution in [0, 0.1) is 6.92 Å². The van der Waals surface area contributed by atoms with Gasteiger partial charge in [-0.3, -0.25) is 4.79 Å². The third-order valence-electron chi connectivity index (χ3n) is 2.98. The van der Waals surface area contributed by atoms with Crippen LogP contribution in [0.25, 0.3) is 0 Å². The molecule has 1 aliphatic heterocycles. The van der Waals surface area contributed by atoms with Gasteiger partial charge < -0.3 is 15.6 Å². The van der Waals surface area contributed by atoms with Crippen molar-refractivity contribution < 1.29 is 4.79 Å². The van der Waals surface area contributed by atoms with E-state index in [9.17, 15) is 4.79 Å². The summed E-state index contributed by atoms with van der Waals surface area (Å²) in [6.45, 7) is 5.16. The van der Waals surface area contributed by atoms with E-state index in [1.807, 2.05) is 11.8 Å². The maximum absolute atomic E-state index is 11.8. The Morgan fingerprint density at radius 2 is 2.39 bits per heavy atom. The van der Waals surface area contributed by atoms with Crippen molar-refractivity contribution in [1.29, 1.82) is 0 Å². The molecule has 98 valence electrons. The maximum atomic E-state index is 11.8. The Balaban J connectivity index is 2.34. The Bertz CT molecular complexity index is 449. The minimum Gasteiger partial charge on any atom is -0.353 e. The quantitative estimate of drug-likeness (QED) is 0.507. The lowest BCUT2D eigenvalue weighted by Gasteiger charge is -2.35. The van der Waals surface area contributed by atoms with Crippen LogP contribution >= 0.6 is 0 Å². The second-order valence-electron chi connectivity index (χ2n) is 4.21. The molecule has 1 aromatic heterocycles. The number of rotatable bonds is 3. The molecule has 0 aliphatic carbocycles. The van der Waals surface area contributed by atoms with Crippen molar-refractivity contribution >= 4 is 17.5 Å². The summed E-state index contributed by atoms with van der Waals surface area (Å²) in [7, 11) is 0. The molecule has 1 fully saturated rings. The van der Waals surface area contributed by atoms with Gasteiger partial charge in [0.2, 0.25) is 5.91 Å². The average molecular weight is 250 g/mol. The topological polar surface area (TPSA) is 96.2 Å². The van der Waals surface area contributed by atoms with Crippen LogP contribution in [-0.4, -0.2) is 35.0 Å². The van der Waals surface area contributed by atoms with E-state index in [4.69, 9.17) is 5.84 Å². The summed E-state index contributed by atoms with van der Waals surface area (Å²) >= 11 is 0. The lowest BCUT2D eigenvalue weighted by Crippen LogP contribution is -2.55. The third kappa shape index (κ3) is 2.35. The monoisotopic (exact) mass is 250 g/mol. The standard InChI is InChI=1S/C11H18N6O/c1-3-8-11(18)13-4-5-17(8)10-6-9(16-12)14-7(2)15-10/h6,8H,3-5,12H2,1-2H3,(H,13,18)(H,14,15,16). The first-order chi connectivity index (χ1) is 8.65. The second-order valence-corrected chi connectivity index (χ2v) is 4.21. The van der Waals surface area contributed by atoms with Crippen LogP contribution in [0.5, 0.6) is 0 Å². The highest BCUT2D eigenvalue weighted by Crippen LogP contribution is 2.20. The highest BCUT2D eigenvalue weighted by Gasteiger charge is 2.29. The molecule has 1 atom stereocenters. The van der Waals surface area contributed by atoms with Gasteiger partial charge in [-0.1, -0.05) is 6.92 Å². The van der Waals surface area contributed by atoms with E-state index in [-0.39, 0.29) is 11.9 Å². The summed E-state index contributed by atoms with van der Waals surface area (Å²) in [6, 6.07) is 1.58. The predicted octanol–water partition coefficient (Wildman–Crippen LogP) is -0.215. The highest BCUT2D eigenvalue weighted by atomic mass is 16.2. The van der Waals surface area contributed by atoms with E-state index < -0.39 is 0 Å². The number of hydrogen-bond donors (Lipinski definition) is 3. The zero-order valence-corrected chi connectivity index (χ0v) is 10.6. The minimum absolute atomic E-state index is 0.0438. The number of nitrogen functional groups attached to an aromatic ring is 1. The lowest BCUT2D eigenvalue weighted by molar-refractivity contribution is -0.123. The Morgan fingerprint density at radius 3 is 3.06 bits per heavy atom. The van der Waals surface area contributed by atoms with E-state index in [0.29, 0.717) is 18.2 Å². The zero-order valence-electron chi connectivity index (χ0n) is 10.6. The van der Waals surface area contributed by atoms with Gasteiger partial charge in [0, 0.05) is 19.2 Å². The minimum atomic E-state index is -0.182. The number of aryl methyl sites for hydroxylation is 1. The second kappa shape index (κ2) is 5.18. The van der Waals surface area contributed by atoms with Crippen molar-refractivity contribution in [2.45, 2.75) is 26.3 Å². The fourth-order valence-electron chi connectivity index (χ4n) is 2.17. The molecule has 0 saturated carbocycles. The summed E-state index contributed by atoms with van der Waals surface area (Å²) in [5, 5.41) is 2.86. The average Bonchev–Trinajstić information content (AvgIpc) is 2.37. The molecule has 2 heterocycles. The van der Waals surface area contributed by atoms with Gasteiger partial charge in [-0.2, -0.15) is 0 Å². The zero-order chi connectivity index (χ0) is 13.1. The smallest absolute Gasteiger partial charge is 0.242 e. The van der Waals surface area contributed by atoms with Crippen molar-refractivity contribution in [3.63, 3.8) is 0 Å². The SMILES string of the molecule is CCC1C(=O)NCCN1c1cc(NN)nc(C)n1. The van der Waals surface area contributed by atoms with Gasteiger partial charge in [0.1, 0.15) is 23.5 Å². The Kier molecular flexibility index (Phi) is 3.61. The van der Waals surface area contributed by atoms with E-state index in [1.165, 1.54) is 0 Å². The van der Waals surface area contributed by atoms with Crippen LogP contribution < -0.4 is 21.5 Å². The molecule has 18 heavy (non-hydrogen) atoms. The Morgan fingerprint density at radius 1 is 1.61 bits per heavy atom. The molecule has 7 heteroatoms. The van der Waals surface area contributed by atoms with Gasteiger partial charge in [-0.25, -0.2) is 15.8 Å². The number of nitrogens with one attached hydrogen (secondary N) is 2. The molecule has 0 spiro atoms. The molecule has 1 unspecified atom stereocenters. The molecule has 7 nitrogen and oxygen atoms in total. The van der Waals surface area contributed by atoms with E-state index in [0.717, 1.165) is 18.8 Å². The number of carbonyl (C=O) groups excluding carboxylic acids is 1. The summed E-state index contributed by atoms with van der Waals surface area (Å²) < 4.78 is 0. The maximum Gasteiger partial charge on any atom is 0.242 e. The fourth-order valence-corrected chi connectivity index (χ4v) is 2.17. The molecule has 1 aromatic rings. The third-order valence-corrected chi connectivity index (χ3v) is 2.98. The van der Waals surface area contributed by atoms with Crippen molar-refractivity contribution in [2.24, 2.45) is 5.84 Å². The molecule has 1 saturated heterocycles. The van der Waals surface area contributed by atoms with Crippen molar-refractivity contribution in [2.75, 3.05) is 23.4 Å². The number of nitrogens with zero attached hydrogens (tertiary/aromatic N) is 3. The van der Waals surface area contributed by atoms with Crippen LogP contribution in [0.4, 0.5) is 11.6 Å². The summed E-state index contributed by atoms with van der Waals surface area (Å²) in [6.07, 6.45) is 0.736. The number of hydrazine groups is 1. The number of hydrogen-bond acceptors (Lipinski definition) is 6. The van der Waals surface area contributed by atoms with Gasteiger partial charge in [0.05, 0.1) is 0 Å². The highest BCUT2D eigenvalue weighted by molar-refractivity contribution is 5.86. The van der Waals surface area contributed by atoms with Gasteiger partial charge in [0.25, 0.3) is 0 Å². The molecular formula is C11H18N6O. The fraction of sp³-hybridized carbons (Fsp3) is 0.545. The molecule has 1 amide bonds. The molecule has 0 bridgehead atoms. The first kappa shape index (κ1) is 12.6. The Labute approximate surface area is 106 Å². The number of anilines is 2. The van der Waals surface area contributed by atoms with E-state index >= 15 is 0 Å². The largest absolute Gasteiger partial charge is 0.353 e. The number of piperazine rings is 1. The van der Waals surface area contributed by atoms with Crippen LogP contribution in [-0.2, 0) is 4.79 Å². The van der Waals surface area contributed by atoms with E-state index in [1.54, 1.807) is 13.0 Å². The van der Waals surface area contributed by atoms with E-state index in [2.05, 4.69) is 20.7 Å².